The van der Waals surface area contributed by atoms with Gasteiger partial charge in [-0.3, -0.25) is 0 Å². The normalized spacial score (nSPS) is 11.3. The molecule has 0 aliphatic heterocycles. The SMILES string of the molecule is COc1ccc(/C=C(\C(=O)O)c2cccs2)cc1OCc1ccc(F)cc1. The van der Waals surface area contributed by atoms with E-state index in [-0.39, 0.29) is 18.0 Å². The lowest BCUT2D eigenvalue weighted by Gasteiger charge is -2.12. The van der Waals surface area contributed by atoms with E-state index in [2.05, 4.69) is 0 Å². The topological polar surface area (TPSA) is 55.8 Å². The molecule has 1 aromatic heterocycles. The Labute approximate surface area is 160 Å². The van der Waals surface area contributed by atoms with Crippen LogP contribution in [0.3, 0.4) is 0 Å². The molecule has 2 aromatic carbocycles. The molecule has 138 valence electrons. The lowest BCUT2D eigenvalue weighted by Crippen LogP contribution is -1.99. The molecule has 0 amide bonds. The molecule has 3 aromatic rings. The number of thiophene rings is 1. The Hall–Kier alpha value is -3.12. The highest BCUT2D eigenvalue weighted by Gasteiger charge is 2.13. The summed E-state index contributed by atoms with van der Waals surface area (Å²) >= 11 is 1.36. The van der Waals surface area contributed by atoms with Crippen molar-refractivity contribution in [3.8, 4) is 11.5 Å². The van der Waals surface area contributed by atoms with Gasteiger partial charge in [-0.15, -0.1) is 11.3 Å². The number of hydrogen-bond donors (Lipinski definition) is 1. The lowest BCUT2D eigenvalue weighted by atomic mass is 10.1. The summed E-state index contributed by atoms with van der Waals surface area (Å²) in [4.78, 5) is 12.3. The molecule has 0 bridgehead atoms. The summed E-state index contributed by atoms with van der Waals surface area (Å²) in [6.07, 6.45) is 1.60. The second kappa shape index (κ2) is 8.51. The van der Waals surface area contributed by atoms with Gasteiger partial charge in [0.2, 0.25) is 0 Å². The smallest absolute Gasteiger partial charge is 0.337 e. The zero-order chi connectivity index (χ0) is 19.2. The molecule has 0 saturated carbocycles. The van der Waals surface area contributed by atoms with Crippen LogP contribution >= 0.6 is 11.3 Å². The first-order chi connectivity index (χ1) is 13.1. The highest BCUT2D eigenvalue weighted by Crippen LogP contribution is 2.31. The Morgan fingerprint density at radius 2 is 1.93 bits per heavy atom. The van der Waals surface area contributed by atoms with E-state index < -0.39 is 5.97 Å². The quantitative estimate of drug-likeness (QED) is 0.576. The van der Waals surface area contributed by atoms with Crippen molar-refractivity contribution < 1.29 is 23.8 Å². The molecule has 27 heavy (non-hydrogen) atoms. The van der Waals surface area contributed by atoms with Gasteiger partial charge in [0, 0.05) is 4.88 Å². The summed E-state index contributed by atoms with van der Waals surface area (Å²) < 4.78 is 24.1. The largest absolute Gasteiger partial charge is 0.493 e. The molecule has 0 unspecified atom stereocenters. The van der Waals surface area contributed by atoms with Crippen molar-refractivity contribution in [3.05, 3.63) is 81.8 Å². The third kappa shape index (κ3) is 4.74. The molecule has 4 nitrogen and oxygen atoms in total. The highest BCUT2D eigenvalue weighted by molar-refractivity contribution is 7.11. The van der Waals surface area contributed by atoms with E-state index in [0.29, 0.717) is 21.9 Å². The Morgan fingerprint density at radius 3 is 2.56 bits per heavy atom. The molecule has 1 heterocycles. The van der Waals surface area contributed by atoms with Crippen molar-refractivity contribution in [1.29, 1.82) is 0 Å². The van der Waals surface area contributed by atoms with Crippen molar-refractivity contribution in [2.75, 3.05) is 7.11 Å². The maximum absolute atomic E-state index is 13.0. The van der Waals surface area contributed by atoms with Crippen LogP contribution in [-0.2, 0) is 11.4 Å². The fourth-order valence-corrected chi connectivity index (χ4v) is 3.21. The van der Waals surface area contributed by atoms with Crippen molar-refractivity contribution >= 4 is 29.0 Å². The number of carboxylic acids is 1. The Morgan fingerprint density at radius 1 is 1.15 bits per heavy atom. The van der Waals surface area contributed by atoms with Crippen LogP contribution in [0.25, 0.3) is 11.6 Å². The minimum absolute atomic E-state index is 0.208. The molecule has 0 saturated heterocycles. The number of carboxylic acid groups (broad SMARTS) is 1. The first-order valence-electron chi connectivity index (χ1n) is 8.11. The van der Waals surface area contributed by atoms with Crippen LogP contribution in [0.2, 0.25) is 0 Å². The zero-order valence-electron chi connectivity index (χ0n) is 14.5. The van der Waals surface area contributed by atoms with Gasteiger partial charge < -0.3 is 14.6 Å². The summed E-state index contributed by atoms with van der Waals surface area (Å²) in [5, 5.41) is 11.3. The number of ether oxygens (including phenoxy) is 2. The first-order valence-corrected chi connectivity index (χ1v) is 8.99. The van der Waals surface area contributed by atoms with E-state index in [9.17, 15) is 14.3 Å². The Balaban J connectivity index is 1.87. The van der Waals surface area contributed by atoms with Gasteiger partial charge in [-0.2, -0.15) is 0 Å². The van der Waals surface area contributed by atoms with E-state index in [1.807, 2.05) is 11.4 Å². The monoisotopic (exact) mass is 384 g/mol. The van der Waals surface area contributed by atoms with E-state index in [1.54, 1.807) is 42.5 Å². The minimum atomic E-state index is -0.998. The number of halogens is 1. The van der Waals surface area contributed by atoms with E-state index in [0.717, 1.165) is 5.56 Å². The van der Waals surface area contributed by atoms with Gasteiger partial charge in [-0.05, 0) is 52.9 Å². The molecular weight excluding hydrogens is 367 g/mol. The van der Waals surface area contributed by atoms with Crippen molar-refractivity contribution in [2.45, 2.75) is 6.61 Å². The summed E-state index contributed by atoms with van der Waals surface area (Å²) in [6.45, 7) is 0.237. The van der Waals surface area contributed by atoms with Gasteiger partial charge in [-0.1, -0.05) is 24.3 Å². The third-order valence-corrected chi connectivity index (χ3v) is 4.73. The number of rotatable bonds is 7. The maximum atomic E-state index is 13.0. The molecule has 1 N–H and O–H groups in total. The van der Waals surface area contributed by atoms with E-state index in [4.69, 9.17) is 9.47 Å². The average Bonchev–Trinajstić information content (AvgIpc) is 3.20. The number of methoxy groups -OCH3 is 1. The van der Waals surface area contributed by atoms with Crippen LogP contribution in [0.1, 0.15) is 16.0 Å². The molecular formula is C21H17FO4S. The standard InChI is InChI=1S/C21H17FO4S/c1-25-18-9-6-15(11-17(21(23)24)20-3-2-10-27-20)12-19(18)26-13-14-4-7-16(22)8-5-14/h2-12H,13H2,1H3,(H,23,24)/b17-11-. The van der Waals surface area contributed by atoms with E-state index >= 15 is 0 Å². The number of carbonyl (C=O) groups is 1. The van der Waals surface area contributed by atoms with Crippen LogP contribution in [0, 0.1) is 5.82 Å². The van der Waals surface area contributed by atoms with Crippen LogP contribution in [0.5, 0.6) is 11.5 Å². The molecule has 0 spiro atoms. The summed E-state index contributed by atoms with van der Waals surface area (Å²) in [5.74, 6) is -0.297. The van der Waals surface area contributed by atoms with Gasteiger partial charge in [0.25, 0.3) is 0 Å². The van der Waals surface area contributed by atoms with E-state index in [1.165, 1.54) is 30.6 Å². The van der Waals surface area contributed by atoms with Gasteiger partial charge in [-0.25, -0.2) is 9.18 Å². The second-order valence-corrected chi connectivity index (χ2v) is 6.61. The molecule has 3 rings (SSSR count). The number of hydrogen-bond acceptors (Lipinski definition) is 4. The van der Waals surface area contributed by atoms with Gasteiger partial charge in [0.15, 0.2) is 11.5 Å². The molecule has 0 radical (unpaired) electrons. The van der Waals surface area contributed by atoms with Gasteiger partial charge >= 0.3 is 5.97 Å². The molecule has 0 fully saturated rings. The predicted molar refractivity (Wildman–Crippen MR) is 104 cm³/mol. The maximum Gasteiger partial charge on any atom is 0.337 e. The molecule has 0 aliphatic carbocycles. The third-order valence-electron chi connectivity index (χ3n) is 3.82. The molecule has 6 heteroatoms. The molecule has 0 atom stereocenters. The van der Waals surface area contributed by atoms with Crippen LogP contribution in [0.15, 0.2) is 60.0 Å². The fraction of sp³-hybridized carbons (Fsp3) is 0.0952. The summed E-state index contributed by atoms with van der Waals surface area (Å²) in [7, 11) is 1.53. The predicted octanol–water partition coefficient (Wildman–Crippen LogP) is 5.10. The zero-order valence-corrected chi connectivity index (χ0v) is 15.3. The number of aliphatic carboxylic acids is 1. The number of benzene rings is 2. The fourth-order valence-electron chi connectivity index (χ4n) is 2.47. The molecule has 0 aliphatic rings. The van der Waals surface area contributed by atoms with Gasteiger partial charge in [0.05, 0.1) is 12.7 Å². The first kappa shape index (κ1) is 18.7. The Bertz CT molecular complexity index is 947. The Kier molecular flexibility index (Phi) is 5.88. The summed E-state index contributed by atoms with van der Waals surface area (Å²) in [5.41, 5.74) is 1.69. The van der Waals surface area contributed by atoms with Crippen LogP contribution < -0.4 is 9.47 Å². The second-order valence-electron chi connectivity index (χ2n) is 5.67. The van der Waals surface area contributed by atoms with Crippen LogP contribution in [0.4, 0.5) is 4.39 Å². The van der Waals surface area contributed by atoms with Crippen molar-refractivity contribution in [1.82, 2.24) is 0 Å². The average molecular weight is 384 g/mol. The van der Waals surface area contributed by atoms with Crippen molar-refractivity contribution in [3.63, 3.8) is 0 Å². The van der Waals surface area contributed by atoms with Crippen molar-refractivity contribution in [2.24, 2.45) is 0 Å². The van der Waals surface area contributed by atoms with Crippen LogP contribution in [-0.4, -0.2) is 18.2 Å². The minimum Gasteiger partial charge on any atom is -0.493 e. The highest BCUT2D eigenvalue weighted by atomic mass is 32.1. The van der Waals surface area contributed by atoms with Gasteiger partial charge in [0.1, 0.15) is 12.4 Å². The summed E-state index contributed by atoms with van der Waals surface area (Å²) in [6, 6.07) is 14.8. The lowest BCUT2D eigenvalue weighted by molar-refractivity contribution is -0.130.